The molecular formula is C23H51NO3S. The van der Waals surface area contributed by atoms with Gasteiger partial charge in [0.1, 0.15) is 0 Å². The van der Waals surface area contributed by atoms with E-state index in [-0.39, 0.29) is 5.75 Å². The summed E-state index contributed by atoms with van der Waals surface area (Å²) in [5.74, 6) is -0.195. The van der Waals surface area contributed by atoms with E-state index in [0.29, 0.717) is 6.42 Å². The maximum Gasteiger partial charge on any atom is 0.0945 e. The fraction of sp³-hybridized carbons (Fsp3) is 1.00. The van der Waals surface area contributed by atoms with Gasteiger partial charge in [-0.25, -0.2) is 8.42 Å². The van der Waals surface area contributed by atoms with Crippen molar-refractivity contribution in [2.75, 3.05) is 33.4 Å². The maximum atomic E-state index is 10.2. The summed E-state index contributed by atoms with van der Waals surface area (Å²) >= 11 is 0. The van der Waals surface area contributed by atoms with Gasteiger partial charge >= 0.3 is 0 Å². The summed E-state index contributed by atoms with van der Waals surface area (Å²) < 4.78 is 31.6. The first-order chi connectivity index (χ1) is 13.1. The summed E-state index contributed by atoms with van der Waals surface area (Å²) in [5.41, 5.74) is 0. The lowest BCUT2D eigenvalue weighted by molar-refractivity contribution is -0.870. The molecule has 0 heterocycles. The second kappa shape index (κ2) is 20.2. The fourth-order valence-electron chi connectivity index (χ4n) is 3.13. The molecule has 0 aromatic heterocycles. The van der Waals surface area contributed by atoms with Gasteiger partial charge in [-0.1, -0.05) is 97.3 Å². The number of nitrogens with zero attached hydrogens (tertiary/aromatic N) is 1. The highest BCUT2D eigenvalue weighted by Gasteiger charge is 2.04. The molecule has 0 atom stereocenters. The average Bonchev–Trinajstić information content (AvgIpc) is 2.58. The lowest BCUT2D eigenvalue weighted by atomic mass is 10.1. The molecule has 0 aliphatic heterocycles. The molecule has 0 radical (unpaired) electrons. The smallest absolute Gasteiger partial charge is 0.0945 e. The van der Waals surface area contributed by atoms with E-state index >= 15 is 0 Å². The van der Waals surface area contributed by atoms with E-state index in [2.05, 4.69) is 35.0 Å². The molecule has 5 heteroatoms. The number of hydrogen-bond acceptors (Lipinski definition) is 3. The van der Waals surface area contributed by atoms with Crippen molar-refractivity contribution < 1.29 is 17.5 Å². The molecule has 0 N–H and O–H groups in total. The monoisotopic (exact) mass is 421 g/mol. The van der Waals surface area contributed by atoms with Crippen LogP contribution in [0, 0.1) is 0 Å². The standard InChI is InChI=1S/C15H34N.C8H18O3S/c1-5-6-7-8-9-10-11-12-13-14-15-16(2,3)4;1-2-3-4-5-6-7-8-12(9,10)11/h5-15H2,1-4H3;2-8H2,1H3,(H,9,10,11)/q+1;/p-1. The summed E-state index contributed by atoms with van der Waals surface area (Å²) in [6, 6.07) is 0. The Morgan fingerprint density at radius 1 is 0.571 bits per heavy atom. The van der Waals surface area contributed by atoms with Crippen LogP contribution >= 0.6 is 0 Å². The van der Waals surface area contributed by atoms with Crippen LogP contribution in [0.25, 0.3) is 0 Å². The normalized spacial score (nSPS) is 11.9. The van der Waals surface area contributed by atoms with Gasteiger partial charge in [-0.3, -0.25) is 0 Å². The third-order valence-electron chi connectivity index (χ3n) is 4.93. The van der Waals surface area contributed by atoms with Crippen molar-refractivity contribution in [3.05, 3.63) is 0 Å². The molecule has 0 saturated carbocycles. The summed E-state index contributed by atoms with van der Waals surface area (Å²) in [7, 11) is 2.89. The molecule has 0 bridgehead atoms. The van der Waals surface area contributed by atoms with Crippen LogP contribution in [-0.2, 0) is 10.1 Å². The fourth-order valence-corrected chi connectivity index (χ4v) is 3.69. The second-order valence-electron chi connectivity index (χ2n) is 9.23. The summed E-state index contributed by atoms with van der Waals surface area (Å²) in [4.78, 5) is 0. The first-order valence-corrected chi connectivity index (χ1v) is 13.4. The number of hydrogen-bond donors (Lipinski definition) is 0. The van der Waals surface area contributed by atoms with Crippen molar-refractivity contribution >= 4 is 10.1 Å². The molecule has 28 heavy (non-hydrogen) atoms. The van der Waals surface area contributed by atoms with Gasteiger partial charge in [-0.05, 0) is 19.3 Å². The minimum absolute atomic E-state index is 0.195. The number of unbranched alkanes of at least 4 members (excludes halogenated alkanes) is 14. The number of quaternary nitrogens is 1. The van der Waals surface area contributed by atoms with E-state index in [4.69, 9.17) is 0 Å². The average molecular weight is 422 g/mol. The highest BCUT2D eigenvalue weighted by Crippen LogP contribution is 2.11. The van der Waals surface area contributed by atoms with Crippen LogP contribution in [0.2, 0.25) is 0 Å². The minimum Gasteiger partial charge on any atom is -0.748 e. The van der Waals surface area contributed by atoms with Crippen molar-refractivity contribution in [3.8, 4) is 0 Å². The molecule has 0 unspecified atom stereocenters. The predicted octanol–water partition coefficient (Wildman–Crippen LogP) is 6.51. The Kier molecular flexibility index (Phi) is 21.6. The van der Waals surface area contributed by atoms with Gasteiger partial charge in [-0.15, -0.1) is 0 Å². The predicted molar refractivity (Wildman–Crippen MR) is 123 cm³/mol. The Balaban J connectivity index is 0. The Morgan fingerprint density at radius 2 is 0.893 bits per heavy atom. The molecule has 0 aromatic carbocycles. The Labute approximate surface area is 177 Å². The van der Waals surface area contributed by atoms with E-state index in [1.807, 2.05) is 0 Å². The first-order valence-electron chi connectivity index (χ1n) is 11.9. The molecule has 0 rings (SSSR count). The van der Waals surface area contributed by atoms with Gasteiger partial charge in [0.25, 0.3) is 0 Å². The van der Waals surface area contributed by atoms with Crippen molar-refractivity contribution in [1.29, 1.82) is 0 Å². The van der Waals surface area contributed by atoms with E-state index in [1.165, 1.54) is 83.6 Å². The van der Waals surface area contributed by atoms with Crippen molar-refractivity contribution in [2.45, 2.75) is 117 Å². The maximum absolute atomic E-state index is 10.2. The SMILES string of the molecule is CCCCCCCCCCCC[N+](C)(C)C.CCCCCCCCS(=O)(=O)[O-]. The Bertz CT molecular complexity index is 403. The third kappa shape index (κ3) is 33.5. The molecule has 0 saturated heterocycles. The molecule has 0 aromatic rings. The topological polar surface area (TPSA) is 57.2 Å². The highest BCUT2D eigenvalue weighted by atomic mass is 32.2. The van der Waals surface area contributed by atoms with Gasteiger partial charge in [0, 0.05) is 5.75 Å². The Morgan fingerprint density at radius 3 is 1.21 bits per heavy atom. The van der Waals surface area contributed by atoms with Crippen molar-refractivity contribution in [2.24, 2.45) is 0 Å². The quantitative estimate of drug-likeness (QED) is 0.144. The van der Waals surface area contributed by atoms with Gasteiger partial charge < -0.3 is 9.04 Å². The van der Waals surface area contributed by atoms with Gasteiger partial charge in [0.05, 0.1) is 37.8 Å². The molecule has 0 amide bonds. The molecular weight excluding hydrogens is 370 g/mol. The van der Waals surface area contributed by atoms with Gasteiger partial charge in [0.2, 0.25) is 0 Å². The van der Waals surface area contributed by atoms with Crippen LogP contribution in [0.5, 0.6) is 0 Å². The molecule has 0 fully saturated rings. The van der Waals surface area contributed by atoms with Crippen LogP contribution < -0.4 is 0 Å². The van der Waals surface area contributed by atoms with E-state index in [1.54, 1.807) is 0 Å². The first kappa shape index (κ1) is 30.1. The number of rotatable bonds is 18. The zero-order valence-electron chi connectivity index (χ0n) is 19.8. The zero-order valence-corrected chi connectivity index (χ0v) is 20.6. The molecule has 0 spiro atoms. The van der Waals surface area contributed by atoms with Gasteiger partial charge in [0.15, 0.2) is 0 Å². The Hall–Kier alpha value is -0.130. The van der Waals surface area contributed by atoms with E-state index in [9.17, 15) is 13.0 Å². The summed E-state index contributed by atoms with van der Waals surface area (Å²) in [5, 5.41) is 0. The zero-order chi connectivity index (χ0) is 21.7. The molecule has 0 aliphatic rings. The molecule has 4 nitrogen and oxygen atoms in total. The lowest BCUT2D eigenvalue weighted by Gasteiger charge is -2.23. The molecule has 0 aliphatic carbocycles. The van der Waals surface area contributed by atoms with E-state index in [0.717, 1.165) is 23.7 Å². The lowest BCUT2D eigenvalue weighted by Crippen LogP contribution is -2.35. The van der Waals surface area contributed by atoms with Crippen LogP contribution in [-0.4, -0.2) is 50.9 Å². The van der Waals surface area contributed by atoms with Crippen LogP contribution in [0.15, 0.2) is 0 Å². The van der Waals surface area contributed by atoms with Crippen molar-refractivity contribution in [3.63, 3.8) is 0 Å². The largest absolute Gasteiger partial charge is 0.748 e. The van der Waals surface area contributed by atoms with Crippen LogP contribution in [0.1, 0.15) is 117 Å². The minimum atomic E-state index is -3.97. The highest BCUT2D eigenvalue weighted by molar-refractivity contribution is 7.85. The molecule has 172 valence electrons. The van der Waals surface area contributed by atoms with Crippen molar-refractivity contribution in [1.82, 2.24) is 0 Å². The summed E-state index contributed by atoms with van der Waals surface area (Å²) in [6.07, 6.45) is 20.4. The van der Waals surface area contributed by atoms with E-state index < -0.39 is 10.1 Å². The summed E-state index contributed by atoms with van der Waals surface area (Å²) in [6.45, 7) is 5.74. The third-order valence-corrected chi connectivity index (χ3v) is 5.72. The van der Waals surface area contributed by atoms with Gasteiger partial charge in [-0.2, -0.15) is 0 Å². The van der Waals surface area contributed by atoms with Crippen LogP contribution in [0.3, 0.4) is 0 Å². The van der Waals surface area contributed by atoms with Crippen LogP contribution in [0.4, 0.5) is 0 Å². The second-order valence-corrected chi connectivity index (χ2v) is 10.7.